The van der Waals surface area contributed by atoms with Crippen molar-refractivity contribution in [1.29, 1.82) is 0 Å². The van der Waals surface area contributed by atoms with Gasteiger partial charge in [0.15, 0.2) is 17.5 Å². The van der Waals surface area contributed by atoms with Gasteiger partial charge in [0.25, 0.3) is 5.91 Å². The van der Waals surface area contributed by atoms with E-state index in [1.165, 1.54) is 21.9 Å². The number of halogens is 1. The van der Waals surface area contributed by atoms with E-state index in [0.29, 0.717) is 35.2 Å². The van der Waals surface area contributed by atoms with E-state index in [1.54, 1.807) is 18.2 Å². The Balaban J connectivity index is 1.21. The summed E-state index contributed by atoms with van der Waals surface area (Å²) in [5.41, 5.74) is 3.25. The molecule has 1 amide bonds. The van der Waals surface area contributed by atoms with Crippen LogP contribution in [0.5, 0.6) is 5.75 Å². The van der Waals surface area contributed by atoms with Gasteiger partial charge in [0.1, 0.15) is 5.75 Å². The van der Waals surface area contributed by atoms with Crippen LogP contribution in [0.3, 0.4) is 0 Å². The molecule has 0 spiro atoms. The van der Waals surface area contributed by atoms with Gasteiger partial charge in [-0.25, -0.2) is 4.98 Å². The van der Waals surface area contributed by atoms with Gasteiger partial charge < -0.3 is 4.74 Å². The molecule has 1 aliphatic rings. The Morgan fingerprint density at radius 3 is 2.35 bits per heavy atom. The summed E-state index contributed by atoms with van der Waals surface area (Å²) in [5, 5.41) is 5.86. The monoisotopic (exact) mass is 662 g/mol. The van der Waals surface area contributed by atoms with E-state index in [-0.39, 0.29) is 24.0 Å². The summed E-state index contributed by atoms with van der Waals surface area (Å²) in [5.74, 6) is 0.650. The minimum absolute atomic E-state index is 0.0426. The number of carbonyl (C=O) groups excluding carboxylic acids is 2. The molecule has 1 unspecified atom stereocenters. The molecule has 5 nitrogen and oxygen atoms in total. The number of aromatic nitrogens is 1. The van der Waals surface area contributed by atoms with Crippen LogP contribution in [0.15, 0.2) is 139 Å². The van der Waals surface area contributed by atoms with Crippen molar-refractivity contribution in [3.63, 3.8) is 0 Å². The number of carbonyl (C=O) groups is 2. The Labute approximate surface area is 279 Å². The van der Waals surface area contributed by atoms with Crippen LogP contribution in [0.2, 0.25) is 0 Å². The third-order valence-electron chi connectivity index (χ3n) is 7.50. The van der Waals surface area contributed by atoms with Gasteiger partial charge in [-0.15, -0.1) is 11.6 Å². The molecule has 0 aliphatic heterocycles. The highest BCUT2D eigenvalue weighted by Gasteiger charge is 2.26. The summed E-state index contributed by atoms with van der Waals surface area (Å²) in [4.78, 5) is 30.9. The van der Waals surface area contributed by atoms with E-state index >= 15 is 0 Å². The maximum atomic E-state index is 13.8. The molecule has 1 aromatic heterocycles. The second-order valence-corrected chi connectivity index (χ2v) is 14.4. The second kappa shape index (κ2) is 15.3. The molecule has 8 heteroatoms. The fraction of sp³-hybridized carbons (Fsp3) is 0.132. The Hall–Kier alpha value is -4.35. The van der Waals surface area contributed by atoms with Crippen molar-refractivity contribution in [3.05, 3.63) is 150 Å². The first kappa shape index (κ1) is 31.6. The molecule has 5 aromatic rings. The largest absolute Gasteiger partial charge is 0.483 e. The van der Waals surface area contributed by atoms with Gasteiger partial charge in [-0.1, -0.05) is 108 Å². The van der Waals surface area contributed by atoms with E-state index in [4.69, 9.17) is 16.3 Å². The minimum atomic E-state index is -0.798. The number of aryl methyl sites for hydroxylation is 1. The number of hydrogen-bond acceptors (Lipinski definition) is 5. The van der Waals surface area contributed by atoms with Crippen LogP contribution in [0.4, 0.5) is 5.13 Å². The van der Waals surface area contributed by atoms with Crippen molar-refractivity contribution < 1.29 is 14.3 Å². The fourth-order valence-electron chi connectivity index (χ4n) is 5.35. The molecular formula is C38H32ClN2O3PS. The number of amides is 1. The van der Waals surface area contributed by atoms with Gasteiger partial charge in [0.05, 0.1) is 10.2 Å². The van der Waals surface area contributed by atoms with Crippen LogP contribution < -0.4 is 20.7 Å². The lowest BCUT2D eigenvalue weighted by molar-refractivity contribution is -0.118. The SMILES string of the molecule is O=C(COc1ccc(C(=O)C=C2C=CC=CC2P(c2ccccc2)c2ccccc2)cc1CCCCl)Nc1nc2ccccc2s1. The smallest absolute Gasteiger partial charge is 0.264 e. The Morgan fingerprint density at radius 1 is 0.913 bits per heavy atom. The highest BCUT2D eigenvalue weighted by Crippen LogP contribution is 2.45. The number of benzene rings is 4. The zero-order chi connectivity index (χ0) is 31.7. The lowest BCUT2D eigenvalue weighted by Crippen LogP contribution is -2.23. The number of ketones is 1. The number of nitrogens with one attached hydrogen (secondary N) is 1. The summed E-state index contributed by atoms with van der Waals surface area (Å²) >= 11 is 7.45. The molecule has 0 saturated carbocycles. The molecule has 0 radical (unpaired) electrons. The first-order chi connectivity index (χ1) is 22.6. The molecule has 1 N–H and O–H groups in total. The molecule has 0 fully saturated rings. The van der Waals surface area contributed by atoms with Crippen molar-refractivity contribution >= 4 is 68.5 Å². The van der Waals surface area contributed by atoms with Crippen molar-refractivity contribution in [2.24, 2.45) is 0 Å². The Bertz CT molecular complexity index is 1850. The van der Waals surface area contributed by atoms with Crippen LogP contribution in [-0.2, 0) is 11.2 Å². The summed E-state index contributed by atoms with van der Waals surface area (Å²) < 4.78 is 6.95. The van der Waals surface area contributed by atoms with E-state index in [0.717, 1.165) is 21.4 Å². The van der Waals surface area contributed by atoms with Crippen molar-refractivity contribution in [2.75, 3.05) is 17.8 Å². The van der Waals surface area contributed by atoms with Crippen LogP contribution >= 0.6 is 30.9 Å². The van der Waals surface area contributed by atoms with Crippen molar-refractivity contribution in [3.8, 4) is 5.75 Å². The summed E-state index contributed by atoms with van der Waals surface area (Å²) in [7, 11) is -0.798. The van der Waals surface area contributed by atoms with Gasteiger partial charge in [0.2, 0.25) is 0 Å². The summed E-state index contributed by atoms with van der Waals surface area (Å²) in [6.07, 6.45) is 11.4. The minimum Gasteiger partial charge on any atom is -0.483 e. The van der Waals surface area contributed by atoms with Crippen LogP contribution in [0, 0.1) is 0 Å². The topological polar surface area (TPSA) is 68.3 Å². The molecule has 1 aliphatic carbocycles. The lowest BCUT2D eigenvalue weighted by atomic mass is 9.99. The first-order valence-electron chi connectivity index (χ1n) is 15.1. The third kappa shape index (κ3) is 7.71. The van der Waals surface area contributed by atoms with Crippen molar-refractivity contribution in [2.45, 2.75) is 18.5 Å². The molecule has 6 rings (SSSR count). The van der Waals surface area contributed by atoms with E-state index in [9.17, 15) is 9.59 Å². The molecule has 230 valence electrons. The second-order valence-electron chi connectivity index (χ2n) is 10.7. The van der Waals surface area contributed by atoms with Crippen LogP contribution in [0.25, 0.3) is 10.2 Å². The lowest BCUT2D eigenvalue weighted by Gasteiger charge is -2.29. The number of hydrogen-bond donors (Lipinski definition) is 1. The number of ether oxygens (including phenoxy) is 1. The number of anilines is 1. The van der Waals surface area contributed by atoms with Crippen LogP contribution in [0.1, 0.15) is 22.3 Å². The number of para-hydroxylation sites is 1. The molecule has 1 atom stereocenters. The van der Waals surface area contributed by atoms with Gasteiger partial charge in [-0.2, -0.15) is 0 Å². The number of nitrogens with zero attached hydrogens (tertiary/aromatic N) is 1. The number of rotatable bonds is 12. The normalized spacial score (nSPS) is 15.0. The average Bonchev–Trinajstić information content (AvgIpc) is 3.50. The van der Waals surface area contributed by atoms with E-state index < -0.39 is 7.92 Å². The number of thiazole rings is 1. The average molecular weight is 663 g/mol. The standard InChI is InChI=1S/C38H32ClN2O3PS/c39-23-11-13-28-24-27(21-22-34(28)44-26-37(43)41-38-40-32-18-8-10-20-36(32)46-38)33(42)25-29-12-7-9-19-35(29)45(30-14-3-1-4-15-30)31-16-5-2-6-17-31/h1-10,12,14-22,24-25,35H,11,13,23,26H2,(H,40,41,43). The quantitative estimate of drug-likeness (QED) is 0.0633. The van der Waals surface area contributed by atoms with E-state index in [1.807, 2.05) is 54.6 Å². The highest BCUT2D eigenvalue weighted by atomic mass is 35.5. The molecular weight excluding hydrogens is 631 g/mol. The number of allylic oxidation sites excluding steroid dienone is 6. The molecule has 46 heavy (non-hydrogen) atoms. The van der Waals surface area contributed by atoms with Gasteiger partial charge in [-0.3, -0.25) is 14.9 Å². The molecule has 4 aromatic carbocycles. The van der Waals surface area contributed by atoms with Gasteiger partial charge in [0, 0.05) is 17.1 Å². The zero-order valence-electron chi connectivity index (χ0n) is 25.0. The van der Waals surface area contributed by atoms with E-state index in [2.05, 4.69) is 71.0 Å². The van der Waals surface area contributed by atoms with Gasteiger partial charge in [-0.05, 0) is 78.9 Å². The first-order valence-corrected chi connectivity index (χ1v) is 17.8. The third-order valence-corrected chi connectivity index (χ3v) is 11.5. The molecule has 1 heterocycles. The highest BCUT2D eigenvalue weighted by molar-refractivity contribution is 7.74. The predicted octanol–water partition coefficient (Wildman–Crippen LogP) is 8.22. The molecule has 0 bridgehead atoms. The molecule has 0 saturated heterocycles. The number of alkyl halides is 1. The Kier molecular flexibility index (Phi) is 10.5. The van der Waals surface area contributed by atoms with Crippen molar-refractivity contribution in [1.82, 2.24) is 4.98 Å². The maximum Gasteiger partial charge on any atom is 0.264 e. The predicted molar refractivity (Wildman–Crippen MR) is 193 cm³/mol. The summed E-state index contributed by atoms with van der Waals surface area (Å²) in [6, 6.07) is 34.2. The fourth-order valence-corrected chi connectivity index (χ4v) is 9.02. The van der Waals surface area contributed by atoms with Crippen LogP contribution in [-0.4, -0.2) is 34.8 Å². The number of fused-ring (bicyclic) bond motifs is 1. The van der Waals surface area contributed by atoms with Gasteiger partial charge >= 0.3 is 0 Å². The Morgan fingerprint density at radius 2 is 1.63 bits per heavy atom. The maximum absolute atomic E-state index is 13.8. The zero-order valence-corrected chi connectivity index (χ0v) is 27.5. The summed E-state index contributed by atoms with van der Waals surface area (Å²) in [6.45, 7) is -0.178.